The van der Waals surface area contributed by atoms with Gasteiger partial charge in [-0.25, -0.2) is 4.79 Å². The first kappa shape index (κ1) is 21.6. The van der Waals surface area contributed by atoms with Gasteiger partial charge in [0.15, 0.2) is 6.61 Å². The van der Waals surface area contributed by atoms with E-state index in [9.17, 15) is 14.4 Å². The molecule has 6 nitrogen and oxygen atoms in total. The number of hydrogen-bond acceptors (Lipinski definition) is 4. The summed E-state index contributed by atoms with van der Waals surface area (Å²) in [7, 11) is 0. The van der Waals surface area contributed by atoms with Crippen LogP contribution in [-0.2, 0) is 9.53 Å². The van der Waals surface area contributed by atoms with Gasteiger partial charge in [0.25, 0.3) is 11.8 Å². The zero-order valence-corrected chi connectivity index (χ0v) is 17.7. The molecule has 1 saturated heterocycles. The summed E-state index contributed by atoms with van der Waals surface area (Å²) < 4.78 is 5.31. The Kier molecular flexibility index (Phi) is 6.87. The number of carbonyl (C=O) groups excluding carboxylic acids is 3. The van der Waals surface area contributed by atoms with Crippen LogP contribution in [0.15, 0.2) is 48.5 Å². The number of rotatable bonds is 5. The fraction of sp³-hybridized carbons (Fsp3) is 0.375. The van der Waals surface area contributed by atoms with E-state index in [1.165, 1.54) is 0 Å². The van der Waals surface area contributed by atoms with Crippen LogP contribution in [0.2, 0.25) is 0 Å². The Bertz CT molecular complexity index is 930. The van der Waals surface area contributed by atoms with Gasteiger partial charge < -0.3 is 15.0 Å². The van der Waals surface area contributed by atoms with Gasteiger partial charge >= 0.3 is 5.97 Å². The Balaban J connectivity index is 1.67. The highest BCUT2D eigenvalue weighted by atomic mass is 16.5. The second-order valence-electron chi connectivity index (χ2n) is 7.88. The standard InChI is InChI=1S/C24H28N2O4/c1-16-8-6-11-19(14-16)23(28)25-21-13-5-4-12-20(21)24(29)30-15-22(27)26-17(2)9-7-10-18(26)3/h4-6,8,11-14,17-18H,7,9-10,15H2,1-3H3,(H,25,28). The molecule has 0 saturated carbocycles. The quantitative estimate of drug-likeness (QED) is 0.753. The number of nitrogens with one attached hydrogen (secondary N) is 1. The number of likely N-dealkylation sites (tertiary alicyclic amines) is 1. The summed E-state index contributed by atoms with van der Waals surface area (Å²) in [6.07, 6.45) is 3.01. The van der Waals surface area contributed by atoms with Crippen LogP contribution in [0.1, 0.15) is 59.4 Å². The third-order valence-corrected chi connectivity index (χ3v) is 5.48. The number of piperidine rings is 1. The average Bonchev–Trinajstić information content (AvgIpc) is 2.72. The molecule has 0 spiro atoms. The van der Waals surface area contributed by atoms with E-state index in [4.69, 9.17) is 4.74 Å². The van der Waals surface area contributed by atoms with E-state index in [2.05, 4.69) is 5.32 Å². The number of anilines is 1. The minimum atomic E-state index is -0.638. The van der Waals surface area contributed by atoms with Crippen molar-refractivity contribution in [2.45, 2.75) is 52.1 Å². The summed E-state index contributed by atoms with van der Waals surface area (Å²) in [5, 5.41) is 2.76. The van der Waals surface area contributed by atoms with Crippen molar-refractivity contribution < 1.29 is 19.1 Å². The summed E-state index contributed by atoms with van der Waals surface area (Å²) in [5.74, 6) is -1.14. The van der Waals surface area contributed by atoms with Gasteiger partial charge in [0.1, 0.15) is 0 Å². The molecule has 6 heteroatoms. The zero-order chi connectivity index (χ0) is 21.7. The van der Waals surface area contributed by atoms with E-state index in [1.54, 1.807) is 42.5 Å². The normalized spacial score (nSPS) is 18.6. The number of para-hydroxylation sites is 1. The highest BCUT2D eigenvalue weighted by Gasteiger charge is 2.29. The lowest BCUT2D eigenvalue weighted by molar-refractivity contribution is -0.140. The number of ether oxygens (including phenoxy) is 1. The molecule has 2 aromatic rings. The number of aryl methyl sites for hydroxylation is 1. The molecule has 1 fully saturated rings. The van der Waals surface area contributed by atoms with Gasteiger partial charge in [-0.3, -0.25) is 9.59 Å². The predicted octanol–water partition coefficient (Wildman–Crippen LogP) is 4.19. The van der Waals surface area contributed by atoms with Crippen molar-refractivity contribution in [2.24, 2.45) is 0 Å². The molecule has 1 aliphatic rings. The van der Waals surface area contributed by atoms with Crippen LogP contribution in [0.25, 0.3) is 0 Å². The first-order valence-electron chi connectivity index (χ1n) is 10.3. The lowest BCUT2D eigenvalue weighted by Gasteiger charge is -2.38. The Morgan fingerprint density at radius 2 is 1.73 bits per heavy atom. The van der Waals surface area contributed by atoms with Crippen LogP contribution in [0.3, 0.4) is 0 Å². The number of benzene rings is 2. The van der Waals surface area contributed by atoms with Crippen molar-refractivity contribution in [1.29, 1.82) is 0 Å². The van der Waals surface area contributed by atoms with Gasteiger partial charge in [-0.15, -0.1) is 0 Å². The van der Waals surface area contributed by atoms with Gasteiger partial charge in [-0.05, 0) is 64.3 Å². The van der Waals surface area contributed by atoms with Gasteiger partial charge in [0.05, 0.1) is 11.3 Å². The van der Waals surface area contributed by atoms with Crippen LogP contribution in [-0.4, -0.2) is 41.4 Å². The van der Waals surface area contributed by atoms with Crippen LogP contribution < -0.4 is 5.32 Å². The molecular formula is C24H28N2O4. The molecule has 158 valence electrons. The van der Waals surface area contributed by atoms with E-state index >= 15 is 0 Å². The topological polar surface area (TPSA) is 75.7 Å². The predicted molar refractivity (Wildman–Crippen MR) is 115 cm³/mol. The molecule has 0 radical (unpaired) electrons. The smallest absolute Gasteiger partial charge is 0.340 e. The van der Waals surface area contributed by atoms with Gasteiger partial charge in [0.2, 0.25) is 0 Å². The highest BCUT2D eigenvalue weighted by molar-refractivity contribution is 6.08. The Labute approximate surface area is 177 Å². The molecule has 0 aromatic heterocycles. The summed E-state index contributed by atoms with van der Waals surface area (Å²) in [4.78, 5) is 39.6. The number of esters is 1. The molecule has 2 unspecified atom stereocenters. The Hall–Kier alpha value is -3.15. The molecule has 2 aromatic carbocycles. The first-order chi connectivity index (χ1) is 14.4. The van der Waals surface area contributed by atoms with Crippen molar-refractivity contribution in [3.63, 3.8) is 0 Å². The van der Waals surface area contributed by atoms with Crippen molar-refractivity contribution in [3.05, 3.63) is 65.2 Å². The van der Waals surface area contributed by atoms with E-state index in [1.807, 2.05) is 31.7 Å². The number of amides is 2. The molecule has 0 aliphatic carbocycles. The summed E-state index contributed by atoms with van der Waals surface area (Å²) in [6, 6.07) is 14.1. The summed E-state index contributed by atoms with van der Waals surface area (Å²) >= 11 is 0. The minimum absolute atomic E-state index is 0.140. The van der Waals surface area contributed by atoms with Crippen molar-refractivity contribution >= 4 is 23.5 Å². The molecule has 1 aliphatic heterocycles. The summed E-state index contributed by atoms with van der Waals surface area (Å²) in [5.41, 5.74) is 2.03. The van der Waals surface area contributed by atoms with E-state index in [0.717, 1.165) is 24.8 Å². The lowest BCUT2D eigenvalue weighted by atomic mass is 9.97. The number of nitrogens with zero attached hydrogens (tertiary/aromatic N) is 1. The van der Waals surface area contributed by atoms with Crippen LogP contribution in [0.5, 0.6) is 0 Å². The molecule has 2 amide bonds. The monoisotopic (exact) mass is 408 g/mol. The lowest BCUT2D eigenvalue weighted by Crippen LogP contribution is -2.49. The number of hydrogen-bond donors (Lipinski definition) is 1. The number of carbonyl (C=O) groups is 3. The van der Waals surface area contributed by atoms with Crippen molar-refractivity contribution in [3.8, 4) is 0 Å². The fourth-order valence-electron chi connectivity index (χ4n) is 3.94. The Morgan fingerprint density at radius 1 is 1.03 bits per heavy atom. The van der Waals surface area contributed by atoms with E-state index in [0.29, 0.717) is 11.3 Å². The second-order valence-corrected chi connectivity index (χ2v) is 7.88. The van der Waals surface area contributed by atoms with E-state index < -0.39 is 5.97 Å². The van der Waals surface area contributed by atoms with Crippen molar-refractivity contribution in [2.75, 3.05) is 11.9 Å². The maximum Gasteiger partial charge on any atom is 0.340 e. The van der Waals surface area contributed by atoms with Gasteiger partial charge in [0, 0.05) is 17.6 Å². The van der Waals surface area contributed by atoms with Gasteiger partial charge in [-0.1, -0.05) is 29.8 Å². The molecule has 0 bridgehead atoms. The minimum Gasteiger partial charge on any atom is -0.452 e. The highest BCUT2D eigenvalue weighted by Crippen LogP contribution is 2.23. The van der Waals surface area contributed by atoms with Crippen LogP contribution in [0.4, 0.5) is 5.69 Å². The average molecular weight is 408 g/mol. The molecular weight excluding hydrogens is 380 g/mol. The maximum atomic E-state index is 12.6. The largest absolute Gasteiger partial charge is 0.452 e. The molecule has 30 heavy (non-hydrogen) atoms. The molecule has 3 rings (SSSR count). The third-order valence-electron chi connectivity index (χ3n) is 5.48. The first-order valence-corrected chi connectivity index (χ1v) is 10.3. The third kappa shape index (κ3) is 5.06. The summed E-state index contributed by atoms with van der Waals surface area (Å²) in [6.45, 7) is 5.63. The van der Waals surface area contributed by atoms with Crippen LogP contribution >= 0.6 is 0 Å². The SMILES string of the molecule is Cc1cccc(C(=O)Nc2ccccc2C(=O)OCC(=O)N2C(C)CCCC2C)c1. The van der Waals surface area contributed by atoms with E-state index in [-0.39, 0.29) is 36.1 Å². The molecule has 1 heterocycles. The second kappa shape index (κ2) is 9.57. The van der Waals surface area contributed by atoms with Crippen LogP contribution in [0, 0.1) is 6.92 Å². The molecule has 1 N–H and O–H groups in total. The molecule has 2 atom stereocenters. The Morgan fingerprint density at radius 3 is 2.43 bits per heavy atom. The zero-order valence-electron chi connectivity index (χ0n) is 17.7. The van der Waals surface area contributed by atoms with Gasteiger partial charge in [-0.2, -0.15) is 0 Å². The maximum absolute atomic E-state index is 12.6. The fourth-order valence-corrected chi connectivity index (χ4v) is 3.94. The van der Waals surface area contributed by atoms with Crippen molar-refractivity contribution in [1.82, 2.24) is 4.90 Å².